The summed E-state index contributed by atoms with van der Waals surface area (Å²) < 4.78 is 0. The summed E-state index contributed by atoms with van der Waals surface area (Å²) in [6.45, 7) is 0. The summed E-state index contributed by atoms with van der Waals surface area (Å²) in [5.41, 5.74) is -0.419. The molecule has 5 saturated carbocycles. The van der Waals surface area contributed by atoms with Gasteiger partial charge in [-0.15, -0.1) is 0 Å². The van der Waals surface area contributed by atoms with Crippen molar-refractivity contribution in [1.29, 1.82) is 10.5 Å². The minimum absolute atomic E-state index is 0.234. The van der Waals surface area contributed by atoms with Crippen molar-refractivity contribution >= 4 is 5.78 Å². The number of carbonyl (C=O) groups excluding carboxylic acids is 1. The average molecular weight is 330 g/mol. The number of hydrogen-bond acceptors (Lipinski definition) is 3. The summed E-state index contributed by atoms with van der Waals surface area (Å²) >= 11 is 0. The zero-order valence-corrected chi connectivity index (χ0v) is 14.3. The molecule has 0 radical (unpaired) electrons. The molecule has 0 N–H and O–H groups in total. The molecular weight excluding hydrogens is 308 g/mol. The van der Waals surface area contributed by atoms with Crippen LogP contribution in [0.3, 0.4) is 0 Å². The van der Waals surface area contributed by atoms with Gasteiger partial charge in [0.1, 0.15) is 5.78 Å². The molecule has 5 fully saturated rings. The van der Waals surface area contributed by atoms with Crippen LogP contribution in [0, 0.1) is 57.2 Å². The number of ketones is 1. The first-order chi connectivity index (χ1) is 12.1. The minimum atomic E-state index is -1.15. The molecule has 6 rings (SSSR count). The van der Waals surface area contributed by atoms with E-state index in [1.165, 1.54) is 19.3 Å². The van der Waals surface area contributed by atoms with E-state index < -0.39 is 11.3 Å². The van der Waals surface area contributed by atoms with E-state index in [4.69, 9.17) is 0 Å². The van der Waals surface area contributed by atoms with Crippen molar-refractivity contribution in [3.8, 4) is 12.1 Å². The van der Waals surface area contributed by atoms with E-state index in [0.29, 0.717) is 17.8 Å². The van der Waals surface area contributed by atoms with Crippen LogP contribution in [0.15, 0.2) is 30.3 Å². The molecule has 0 amide bonds. The molecule has 0 aromatic heterocycles. The highest BCUT2D eigenvalue weighted by Gasteiger charge is 2.73. The van der Waals surface area contributed by atoms with Crippen LogP contribution in [-0.2, 0) is 4.79 Å². The number of nitrogens with zero attached hydrogens (tertiary/aromatic N) is 2. The standard InChI is InChI=1S/C22H22N2O/c23-12-22(13-24)18(17-4-2-1-3-5-17)19(22)20(25)21-9-14-6-15(10-21)8-16(7-14)11-21/h1-5,14-16,18-19H,6-11H2/t14?,15?,16?,18-,19+,21?/m0/s1. The molecule has 5 aliphatic rings. The highest BCUT2D eigenvalue weighted by atomic mass is 16.1. The number of nitriles is 2. The van der Waals surface area contributed by atoms with Gasteiger partial charge in [0, 0.05) is 11.3 Å². The first-order valence-electron chi connectivity index (χ1n) is 9.53. The van der Waals surface area contributed by atoms with E-state index in [1.807, 2.05) is 30.3 Å². The van der Waals surface area contributed by atoms with Crippen molar-refractivity contribution in [2.75, 3.05) is 0 Å². The van der Waals surface area contributed by atoms with Gasteiger partial charge in [0.15, 0.2) is 5.41 Å². The molecule has 5 aliphatic carbocycles. The largest absolute Gasteiger partial charge is 0.299 e. The summed E-state index contributed by atoms with van der Waals surface area (Å²) in [6.07, 6.45) is 6.89. The summed E-state index contributed by atoms with van der Waals surface area (Å²) in [5, 5.41) is 19.5. The van der Waals surface area contributed by atoms with Gasteiger partial charge in [-0.3, -0.25) is 4.79 Å². The first kappa shape index (κ1) is 15.2. The topological polar surface area (TPSA) is 64.7 Å². The lowest BCUT2D eigenvalue weighted by atomic mass is 9.48. The lowest BCUT2D eigenvalue weighted by Gasteiger charge is -2.56. The number of rotatable bonds is 3. The lowest BCUT2D eigenvalue weighted by Crippen LogP contribution is -2.50. The normalized spacial score (nSPS) is 42.4. The van der Waals surface area contributed by atoms with Crippen molar-refractivity contribution in [3.63, 3.8) is 0 Å². The molecule has 0 saturated heterocycles. The van der Waals surface area contributed by atoms with E-state index in [-0.39, 0.29) is 17.1 Å². The molecule has 2 atom stereocenters. The molecule has 3 heteroatoms. The maximum atomic E-state index is 13.7. The van der Waals surface area contributed by atoms with Gasteiger partial charge in [-0.2, -0.15) is 10.5 Å². The molecule has 0 spiro atoms. The second-order valence-electron chi connectivity index (χ2n) is 9.02. The third-order valence-electron chi connectivity index (χ3n) is 7.58. The Hall–Kier alpha value is -2.13. The van der Waals surface area contributed by atoms with Gasteiger partial charge in [-0.05, 0) is 61.8 Å². The van der Waals surface area contributed by atoms with Crippen LogP contribution < -0.4 is 0 Å². The van der Waals surface area contributed by atoms with Crippen LogP contribution in [0.5, 0.6) is 0 Å². The molecule has 3 nitrogen and oxygen atoms in total. The van der Waals surface area contributed by atoms with Crippen molar-refractivity contribution in [1.82, 2.24) is 0 Å². The number of Topliss-reactive ketones (excluding diaryl/α,β-unsaturated/α-hetero) is 1. The summed E-state index contributed by atoms with van der Waals surface area (Å²) in [4.78, 5) is 13.7. The van der Waals surface area contributed by atoms with Crippen LogP contribution in [0.2, 0.25) is 0 Å². The van der Waals surface area contributed by atoms with Gasteiger partial charge < -0.3 is 0 Å². The Labute approximate surface area is 148 Å². The van der Waals surface area contributed by atoms with Gasteiger partial charge in [-0.1, -0.05) is 30.3 Å². The highest BCUT2D eigenvalue weighted by Crippen LogP contribution is 2.70. The lowest BCUT2D eigenvalue weighted by molar-refractivity contribution is -0.145. The van der Waals surface area contributed by atoms with E-state index in [9.17, 15) is 15.3 Å². The molecule has 25 heavy (non-hydrogen) atoms. The second kappa shape index (κ2) is 4.95. The number of benzene rings is 1. The van der Waals surface area contributed by atoms with Crippen LogP contribution in [0.1, 0.15) is 50.0 Å². The summed E-state index contributed by atoms with van der Waals surface area (Å²) in [5.74, 6) is 1.65. The fourth-order valence-corrected chi connectivity index (χ4v) is 6.91. The summed E-state index contributed by atoms with van der Waals surface area (Å²) in [6, 6.07) is 14.2. The molecular formula is C22H22N2O. The van der Waals surface area contributed by atoms with Crippen molar-refractivity contribution < 1.29 is 4.79 Å². The van der Waals surface area contributed by atoms with Crippen molar-refractivity contribution in [2.24, 2.45) is 34.5 Å². The number of carbonyl (C=O) groups is 1. The fourth-order valence-electron chi connectivity index (χ4n) is 6.91. The molecule has 0 unspecified atom stereocenters. The Bertz CT molecular complexity index is 763. The second-order valence-corrected chi connectivity index (χ2v) is 9.02. The minimum Gasteiger partial charge on any atom is -0.299 e. The van der Waals surface area contributed by atoms with Gasteiger partial charge in [-0.25, -0.2) is 0 Å². The number of hydrogen-bond donors (Lipinski definition) is 0. The third kappa shape index (κ3) is 1.93. The van der Waals surface area contributed by atoms with E-state index >= 15 is 0 Å². The van der Waals surface area contributed by atoms with Crippen molar-refractivity contribution in [2.45, 2.75) is 44.4 Å². The summed E-state index contributed by atoms with van der Waals surface area (Å²) in [7, 11) is 0. The molecule has 1 aromatic rings. The molecule has 4 bridgehead atoms. The van der Waals surface area contributed by atoms with Gasteiger partial charge >= 0.3 is 0 Å². The zero-order valence-electron chi connectivity index (χ0n) is 14.3. The smallest absolute Gasteiger partial charge is 0.161 e. The fraction of sp³-hybridized carbons (Fsp3) is 0.591. The maximum Gasteiger partial charge on any atom is 0.161 e. The quantitative estimate of drug-likeness (QED) is 0.833. The predicted molar refractivity (Wildman–Crippen MR) is 91.9 cm³/mol. The predicted octanol–water partition coefficient (Wildman–Crippen LogP) is 4.22. The Morgan fingerprint density at radius 3 is 1.92 bits per heavy atom. The van der Waals surface area contributed by atoms with Crippen LogP contribution in [-0.4, -0.2) is 5.78 Å². The highest BCUT2D eigenvalue weighted by molar-refractivity contribution is 5.94. The SMILES string of the molecule is N#CC1(C#N)[C@@H](C(=O)C23CC4CC(CC(C4)C2)C3)[C@@H]1c1ccccc1. The Morgan fingerprint density at radius 1 is 0.920 bits per heavy atom. The molecule has 1 aromatic carbocycles. The van der Waals surface area contributed by atoms with Crippen LogP contribution >= 0.6 is 0 Å². The first-order valence-corrected chi connectivity index (χ1v) is 9.53. The van der Waals surface area contributed by atoms with E-state index in [1.54, 1.807) is 0 Å². The van der Waals surface area contributed by atoms with Crippen LogP contribution in [0.25, 0.3) is 0 Å². The van der Waals surface area contributed by atoms with Crippen LogP contribution in [0.4, 0.5) is 0 Å². The Kier molecular flexibility index (Phi) is 3.00. The van der Waals surface area contributed by atoms with Gasteiger partial charge in [0.25, 0.3) is 0 Å². The van der Waals surface area contributed by atoms with Crippen molar-refractivity contribution in [3.05, 3.63) is 35.9 Å². The zero-order chi connectivity index (χ0) is 17.2. The third-order valence-corrected chi connectivity index (χ3v) is 7.58. The average Bonchev–Trinajstić information content (AvgIpc) is 3.30. The Balaban J connectivity index is 1.51. The van der Waals surface area contributed by atoms with Gasteiger partial charge in [0.2, 0.25) is 0 Å². The molecule has 0 heterocycles. The molecule has 0 aliphatic heterocycles. The Morgan fingerprint density at radius 2 is 1.44 bits per heavy atom. The van der Waals surface area contributed by atoms with Gasteiger partial charge in [0.05, 0.1) is 18.1 Å². The maximum absolute atomic E-state index is 13.7. The monoisotopic (exact) mass is 330 g/mol. The molecule has 126 valence electrons. The van der Waals surface area contributed by atoms with E-state index in [2.05, 4.69) is 12.1 Å². The van der Waals surface area contributed by atoms with E-state index in [0.717, 1.165) is 24.8 Å².